The van der Waals surface area contributed by atoms with Crippen LogP contribution in [0.4, 0.5) is 0 Å². The topological polar surface area (TPSA) is 159 Å². The summed E-state index contributed by atoms with van der Waals surface area (Å²) in [5, 5.41) is 24.7. The van der Waals surface area contributed by atoms with E-state index in [1.165, 1.54) is 6.92 Å². The summed E-state index contributed by atoms with van der Waals surface area (Å²) in [5.41, 5.74) is -2.51. The molecular weight excluding hydrogens is 582 g/mol. The van der Waals surface area contributed by atoms with Crippen LogP contribution in [0.3, 0.4) is 0 Å². The fourth-order valence-corrected chi connectivity index (χ4v) is 4.94. The number of esters is 2. The van der Waals surface area contributed by atoms with Crippen LogP contribution in [0.2, 0.25) is 0 Å². The highest BCUT2D eigenvalue weighted by Crippen LogP contribution is 2.17. The van der Waals surface area contributed by atoms with E-state index >= 15 is 0 Å². The second kappa shape index (κ2) is 13.5. The molecule has 232 valence electrons. The van der Waals surface area contributed by atoms with Gasteiger partial charge in [0.1, 0.15) is 25.4 Å². The quantitative estimate of drug-likeness (QED) is 0.212. The number of carbonyl (C=O) groups is 2. The first kappa shape index (κ1) is 31.1. The van der Waals surface area contributed by atoms with E-state index in [0.717, 1.165) is 26.1 Å². The largest absolute Gasteiger partial charge is 0.459 e. The Kier molecular flexibility index (Phi) is 9.36. The van der Waals surface area contributed by atoms with Crippen molar-refractivity contribution in [1.82, 2.24) is 13.7 Å². The fourth-order valence-electron chi connectivity index (χ4n) is 4.94. The molecule has 0 aliphatic carbocycles. The molecule has 12 nitrogen and oxygen atoms in total. The zero-order valence-electron chi connectivity index (χ0n) is 24.4. The summed E-state index contributed by atoms with van der Waals surface area (Å²) in [6.07, 6.45) is -2.94. The molecule has 0 aliphatic rings. The van der Waals surface area contributed by atoms with Gasteiger partial charge in [0.25, 0.3) is 0 Å². The lowest BCUT2D eigenvalue weighted by Crippen LogP contribution is -2.56. The van der Waals surface area contributed by atoms with Gasteiger partial charge in [0, 0.05) is 6.54 Å². The van der Waals surface area contributed by atoms with Crippen molar-refractivity contribution in [3.05, 3.63) is 128 Å². The van der Waals surface area contributed by atoms with Crippen molar-refractivity contribution in [2.75, 3.05) is 13.2 Å². The monoisotopic (exact) mass is 613 g/mol. The van der Waals surface area contributed by atoms with Gasteiger partial charge in [0.2, 0.25) is 0 Å². The van der Waals surface area contributed by atoms with Crippen molar-refractivity contribution < 1.29 is 29.3 Å². The number of hydrogen-bond acceptors (Lipinski definition) is 9. The average molecular weight is 614 g/mol. The maximum atomic E-state index is 13.2. The minimum Gasteiger partial charge on any atom is -0.459 e. The average Bonchev–Trinajstić information content (AvgIpc) is 3.06. The van der Waals surface area contributed by atoms with E-state index in [4.69, 9.17) is 9.47 Å². The van der Waals surface area contributed by atoms with Crippen molar-refractivity contribution >= 4 is 33.5 Å². The molecule has 45 heavy (non-hydrogen) atoms. The third-order valence-corrected chi connectivity index (χ3v) is 7.27. The Morgan fingerprint density at radius 3 is 1.38 bits per heavy atom. The van der Waals surface area contributed by atoms with Gasteiger partial charge in [0.15, 0.2) is 0 Å². The van der Waals surface area contributed by atoms with Crippen molar-refractivity contribution in [2.45, 2.75) is 38.8 Å². The molecule has 0 amide bonds. The highest BCUT2D eigenvalue weighted by atomic mass is 16.5. The van der Waals surface area contributed by atoms with Crippen LogP contribution in [0.5, 0.6) is 0 Å². The van der Waals surface area contributed by atoms with E-state index < -0.39 is 67.5 Å². The number of fused-ring (bicyclic) bond motifs is 2. The molecule has 0 saturated carbocycles. The van der Waals surface area contributed by atoms with Gasteiger partial charge in [-0.1, -0.05) is 60.7 Å². The van der Waals surface area contributed by atoms with Gasteiger partial charge in [-0.25, -0.2) is 37.7 Å². The first-order valence-electron chi connectivity index (χ1n) is 14.3. The summed E-state index contributed by atoms with van der Waals surface area (Å²) in [6, 6.07) is 24.9. The molecule has 2 atom stereocenters. The second-order valence-corrected chi connectivity index (χ2v) is 10.4. The number of nitrogens with zero attached hydrogens (tertiary/aromatic N) is 3. The molecular formula is C33H31N3O9. The highest BCUT2D eigenvalue weighted by Gasteiger charge is 2.21. The normalized spacial score (nSPS) is 12.6. The Morgan fingerprint density at radius 1 is 0.600 bits per heavy atom. The second-order valence-electron chi connectivity index (χ2n) is 10.4. The summed E-state index contributed by atoms with van der Waals surface area (Å²) in [5.74, 6) is -1.41. The predicted octanol–water partition coefficient (Wildman–Crippen LogP) is 1.93. The number of hydrogen-bond donors (Lipinski definition) is 2. The lowest BCUT2D eigenvalue weighted by Gasteiger charge is -2.18. The summed E-state index contributed by atoms with van der Waals surface area (Å²) in [7, 11) is 0. The van der Waals surface area contributed by atoms with Crippen LogP contribution in [0, 0.1) is 0 Å². The molecule has 2 N–H and O–H groups in total. The molecule has 1 heterocycles. The molecule has 0 fully saturated rings. The van der Waals surface area contributed by atoms with Gasteiger partial charge in [-0.2, -0.15) is 0 Å². The molecule has 12 heteroatoms. The Labute approximate surface area is 255 Å². The van der Waals surface area contributed by atoms with Crippen molar-refractivity contribution in [1.29, 1.82) is 0 Å². The molecule has 0 bridgehead atoms. The Balaban J connectivity index is 1.25. The first-order chi connectivity index (χ1) is 21.7. The van der Waals surface area contributed by atoms with Crippen LogP contribution in [0.25, 0.3) is 21.5 Å². The van der Waals surface area contributed by atoms with E-state index in [-0.39, 0.29) is 17.7 Å². The Bertz CT molecular complexity index is 1920. The van der Waals surface area contributed by atoms with Crippen molar-refractivity contribution in [3.63, 3.8) is 0 Å². The smallest absolute Gasteiger partial charge is 0.338 e. The van der Waals surface area contributed by atoms with Gasteiger partial charge in [-0.05, 0) is 52.7 Å². The number of benzene rings is 4. The van der Waals surface area contributed by atoms with Gasteiger partial charge in [-0.3, -0.25) is 0 Å². The third kappa shape index (κ3) is 6.92. The standard InChI is InChI=1S/C33H31N3O9/c1-2-34-31(41)35(17-27(37)19-44-29(39)25-13-11-21-7-3-5-9-23(21)15-25)33(43)36(32(34)42)18-28(38)20-45-30(40)26-14-12-22-8-4-6-10-24(22)16-26/h3-16,27-28,37-38H,2,17-20H2,1H3. The molecule has 2 unspecified atom stereocenters. The summed E-state index contributed by atoms with van der Waals surface area (Å²) < 4.78 is 12.5. The summed E-state index contributed by atoms with van der Waals surface area (Å²) >= 11 is 0. The lowest BCUT2D eigenvalue weighted by molar-refractivity contribution is 0.0189. The number of ether oxygens (including phenoxy) is 2. The summed E-state index contributed by atoms with van der Waals surface area (Å²) in [4.78, 5) is 64.2. The number of rotatable bonds is 11. The third-order valence-electron chi connectivity index (χ3n) is 7.27. The van der Waals surface area contributed by atoms with Gasteiger partial charge < -0.3 is 19.7 Å². The highest BCUT2D eigenvalue weighted by molar-refractivity contribution is 5.96. The molecule has 4 aromatic carbocycles. The maximum Gasteiger partial charge on any atom is 0.338 e. The van der Waals surface area contributed by atoms with Crippen LogP contribution in [-0.4, -0.2) is 61.3 Å². The molecule has 0 aliphatic heterocycles. The van der Waals surface area contributed by atoms with E-state index in [2.05, 4.69) is 0 Å². The molecule has 1 aromatic heterocycles. The molecule has 5 rings (SSSR count). The lowest BCUT2D eigenvalue weighted by atomic mass is 10.1. The fraction of sp³-hybridized carbons (Fsp3) is 0.242. The zero-order chi connectivity index (χ0) is 32.1. The van der Waals surface area contributed by atoms with Crippen LogP contribution in [-0.2, 0) is 29.1 Å². The molecule has 0 radical (unpaired) electrons. The van der Waals surface area contributed by atoms with Gasteiger partial charge in [-0.15, -0.1) is 0 Å². The van der Waals surface area contributed by atoms with Crippen LogP contribution in [0.15, 0.2) is 99.3 Å². The SMILES string of the molecule is CCn1c(=O)n(CC(O)COC(=O)c2ccc3ccccc3c2)c(=O)n(CC(O)COC(=O)c2ccc3ccccc3c2)c1=O. The number of aromatic nitrogens is 3. The van der Waals surface area contributed by atoms with Crippen LogP contribution in [0.1, 0.15) is 27.6 Å². The molecule has 5 aromatic rings. The first-order valence-corrected chi connectivity index (χ1v) is 14.3. The van der Waals surface area contributed by atoms with Gasteiger partial charge in [0.05, 0.1) is 24.2 Å². The zero-order valence-corrected chi connectivity index (χ0v) is 24.4. The molecule has 0 spiro atoms. The van der Waals surface area contributed by atoms with E-state index in [1.54, 1.807) is 36.4 Å². The predicted molar refractivity (Wildman–Crippen MR) is 165 cm³/mol. The van der Waals surface area contributed by atoms with E-state index in [1.807, 2.05) is 48.5 Å². The maximum absolute atomic E-state index is 13.2. The van der Waals surface area contributed by atoms with E-state index in [9.17, 15) is 34.2 Å². The van der Waals surface area contributed by atoms with E-state index in [0.29, 0.717) is 9.13 Å². The van der Waals surface area contributed by atoms with Gasteiger partial charge >= 0.3 is 29.0 Å². The Hall–Kier alpha value is -5.33. The molecule has 0 saturated heterocycles. The number of aliphatic hydroxyl groups is 2. The van der Waals surface area contributed by atoms with Crippen LogP contribution >= 0.6 is 0 Å². The van der Waals surface area contributed by atoms with Crippen molar-refractivity contribution in [3.8, 4) is 0 Å². The number of aliphatic hydroxyl groups excluding tert-OH is 2. The minimum atomic E-state index is -1.47. The van der Waals surface area contributed by atoms with Crippen LogP contribution < -0.4 is 17.1 Å². The number of carbonyl (C=O) groups excluding carboxylic acids is 2. The minimum absolute atomic E-state index is 0.0992. The summed E-state index contributed by atoms with van der Waals surface area (Å²) in [6.45, 7) is -0.818. The Morgan fingerprint density at radius 2 is 0.978 bits per heavy atom. The van der Waals surface area contributed by atoms with Crippen molar-refractivity contribution in [2.24, 2.45) is 0 Å².